The SMILES string of the molecule is COc1cccc(C(CNC(=O)CCCc2nc3ccccc3s2)N2CCCC2)c1. The molecule has 1 N–H and O–H groups in total. The number of amides is 1. The Bertz CT molecular complexity index is 948. The maximum absolute atomic E-state index is 12.5. The number of hydrogen-bond acceptors (Lipinski definition) is 5. The first-order valence-corrected chi connectivity index (χ1v) is 11.5. The number of benzene rings is 2. The first kappa shape index (κ1) is 20.8. The molecule has 158 valence electrons. The van der Waals surface area contributed by atoms with E-state index in [1.165, 1.54) is 23.1 Å². The number of thiazole rings is 1. The molecule has 0 bridgehead atoms. The molecule has 1 amide bonds. The summed E-state index contributed by atoms with van der Waals surface area (Å²) < 4.78 is 6.61. The molecular weight excluding hydrogens is 394 g/mol. The van der Waals surface area contributed by atoms with Gasteiger partial charge in [-0.15, -0.1) is 11.3 Å². The van der Waals surface area contributed by atoms with Crippen LogP contribution in [0.4, 0.5) is 0 Å². The molecule has 0 radical (unpaired) electrons. The molecule has 1 aliphatic heterocycles. The molecule has 0 saturated carbocycles. The molecule has 3 aromatic rings. The highest BCUT2D eigenvalue weighted by Gasteiger charge is 2.24. The Hall–Kier alpha value is -2.44. The molecule has 2 heterocycles. The third kappa shape index (κ3) is 5.18. The number of rotatable bonds is 9. The quantitative estimate of drug-likeness (QED) is 0.547. The van der Waals surface area contributed by atoms with Gasteiger partial charge >= 0.3 is 0 Å². The Morgan fingerprint density at radius 3 is 2.83 bits per heavy atom. The van der Waals surface area contributed by atoms with Crippen molar-refractivity contribution in [1.82, 2.24) is 15.2 Å². The fraction of sp³-hybridized carbons (Fsp3) is 0.417. The first-order chi connectivity index (χ1) is 14.7. The minimum Gasteiger partial charge on any atom is -0.497 e. The Balaban J connectivity index is 1.30. The van der Waals surface area contributed by atoms with Gasteiger partial charge in [0.25, 0.3) is 0 Å². The number of fused-ring (bicyclic) bond motifs is 1. The third-order valence-corrected chi connectivity index (χ3v) is 6.78. The highest BCUT2D eigenvalue weighted by atomic mass is 32.1. The van der Waals surface area contributed by atoms with Crippen molar-refractivity contribution in [2.45, 2.75) is 38.1 Å². The molecule has 1 fully saturated rings. The van der Waals surface area contributed by atoms with Crippen LogP contribution in [0.5, 0.6) is 5.75 Å². The molecular formula is C24H29N3O2S. The van der Waals surface area contributed by atoms with Crippen LogP contribution in [0.2, 0.25) is 0 Å². The molecule has 0 spiro atoms. The number of aromatic nitrogens is 1. The van der Waals surface area contributed by atoms with Gasteiger partial charge in [-0.3, -0.25) is 9.69 Å². The molecule has 5 nitrogen and oxygen atoms in total. The first-order valence-electron chi connectivity index (χ1n) is 10.7. The smallest absolute Gasteiger partial charge is 0.220 e. The second kappa shape index (κ2) is 10.0. The van der Waals surface area contributed by atoms with Crippen molar-refractivity contribution < 1.29 is 9.53 Å². The van der Waals surface area contributed by atoms with E-state index in [0.717, 1.165) is 42.2 Å². The number of nitrogens with one attached hydrogen (secondary N) is 1. The van der Waals surface area contributed by atoms with Gasteiger partial charge in [0.2, 0.25) is 5.91 Å². The zero-order valence-corrected chi connectivity index (χ0v) is 18.3. The maximum Gasteiger partial charge on any atom is 0.220 e. The largest absolute Gasteiger partial charge is 0.497 e. The molecule has 1 atom stereocenters. The van der Waals surface area contributed by atoms with Crippen LogP contribution < -0.4 is 10.1 Å². The summed E-state index contributed by atoms with van der Waals surface area (Å²) in [5.41, 5.74) is 2.25. The maximum atomic E-state index is 12.5. The third-order valence-electron chi connectivity index (χ3n) is 5.69. The van der Waals surface area contributed by atoms with Gasteiger partial charge in [0.15, 0.2) is 0 Å². The van der Waals surface area contributed by atoms with Gasteiger partial charge in [-0.05, 0) is 68.6 Å². The number of nitrogens with zero attached hydrogens (tertiary/aromatic N) is 2. The normalized spacial score (nSPS) is 15.4. The van der Waals surface area contributed by atoms with E-state index in [-0.39, 0.29) is 11.9 Å². The molecule has 2 aromatic carbocycles. The minimum absolute atomic E-state index is 0.114. The summed E-state index contributed by atoms with van der Waals surface area (Å²) in [4.78, 5) is 19.6. The van der Waals surface area contributed by atoms with Crippen LogP contribution in [0.15, 0.2) is 48.5 Å². The number of ether oxygens (including phenoxy) is 1. The number of carbonyl (C=O) groups is 1. The van der Waals surface area contributed by atoms with E-state index in [4.69, 9.17) is 4.74 Å². The zero-order valence-electron chi connectivity index (χ0n) is 17.5. The van der Waals surface area contributed by atoms with E-state index < -0.39 is 0 Å². The van der Waals surface area contributed by atoms with Crippen molar-refractivity contribution in [1.29, 1.82) is 0 Å². The fourth-order valence-electron chi connectivity index (χ4n) is 4.09. The van der Waals surface area contributed by atoms with E-state index in [2.05, 4.69) is 33.4 Å². The summed E-state index contributed by atoms with van der Waals surface area (Å²) in [7, 11) is 1.69. The molecule has 1 aliphatic rings. The van der Waals surface area contributed by atoms with Gasteiger partial charge in [-0.25, -0.2) is 4.98 Å². The van der Waals surface area contributed by atoms with Crippen LogP contribution in [-0.2, 0) is 11.2 Å². The van der Waals surface area contributed by atoms with Crippen molar-refractivity contribution in [2.24, 2.45) is 0 Å². The van der Waals surface area contributed by atoms with Crippen LogP contribution >= 0.6 is 11.3 Å². The summed E-state index contributed by atoms with van der Waals surface area (Å²) in [5.74, 6) is 0.974. The average molecular weight is 424 g/mol. The van der Waals surface area contributed by atoms with Crippen molar-refractivity contribution in [3.05, 3.63) is 59.1 Å². The molecule has 4 rings (SSSR count). The molecule has 0 aliphatic carbocycles. The van der Waals surface area contributed by atoms with Crippen molar-refractivity contribution >= 4 is 27.5 Å². The minimum atomic E-state index is 0.114. The number of aryl methyl sites for hydroxylation is 1. The summed E-state index contributed by atoms with van der Waals surface area (Å²) in [6.45, 7) is 2.79. The fourth-order valence-corrected chi connectivity index (χ4v) is 5.09. The Morgan fingerprint density at radius 2 is 2.03 bits per heavy atom. The van der Waals surface area contributed by atoms with Crippen molar-refractivity contribution in [3.63, 3.8) is 0 Å². The lowest BCUT2D eigenvalue weighted by Crippen LogP contribution is -2.36. The molecule has 1 saturated heterocycles. The van der Waals surface area contributed by atoms with Gasteiger partial charge in [-0.2, -0.15) is 0 Å². The van der Waals surface area contributed by atoms with E-state index in [9.17, 15) is 4.79 Å². The predicted octanol–water partition coefficient (Wildman–Crippen LogP) is 4.58. The summed E-state index contributed by atoms with van der Waals surface area (Å²) in [5, 5.41) is 4.28. The number of methoxy groups -OCH3 is 1. The lowest BCUT2D eigenvalue weighted by molar-refractivity contribution is -0.121. The predicted molar refractivity (Wildman–Crippen MR) is 122 cm³/mol. The summed E-state index contributed by atoms with van der Waals surface area (Å²) >= 11 is 1.72. The highest BCUT2D eigenvalue weighted by molar-refractivity contribution is 7.18. The Kier molecular flexibility index (Phi) is 6.97. The van der Waals surface area contributed by atoms with Crippen LogP contribution in [0.25, 0.3) is 10.2 Å². The Labute approximate surface area is 182 Å². The van der Waals surface area contributed by atoms with Crippen molar-refractivity contribution in [3.8, 4) is 5.75 Å². The number of hydrogen-bond donors (Lipinski definition) is 1. The van der Waals surface area contributed by atoms with Gasteiger partial charge in [0.05, 0.1) is 28.4 Å². The number of para-hydroxylation sites is 1. The van der Waals surface area contributed by atoms with Gasteiger partial charge in [0.1, 0.15) is 5.75 Å². The van der Waals surface area contributed by atoms with Gasteiger partial charge < -0.3 is 10.1 Å². The zero-order chi connectivity index (χ0) is 20.8. The van der Waals surface area contributed by atoms with Crippen molar-refractivity contribution in [2.75, 3.05) is 26.7 Å². The van der Waals surface area contributed by atoms with E-state index in [0.29, 0.717) is 13.0 Å². The number of carbonyl (C=O) groups excluding carboxylic acids is 1. The second-order valence-corrected chi connectivity index (χ2v) is 8.88. The summed E-state index contributed by atoms with van der Waals surface area (Å²) in [6.07, 6.45) is 4.63. The summed E-state index contributed by atoms with van der Waals surface area (Å²) in [6, 6.07) is 16.6. The average Bonchev–Trinajstić information content (AvgIpc) is 3.44. The highest BCUT2D eigenvalue weighted by Crippen LogP contribution is 2.27. The number of likely N-dealkylation sites (tertiary alicyclic amines) is 1. The van der Waals surface area contributed by atoms with E-state index >= 15 is 0 Å². The standard InChI is InChI=1S/C24H29N3O2S/c1-29-19-9-6-8-18(16-19)21(27-14-4-5-15-27)17-25-23(28)12-7-13-24-26-20-10-2-3-11-22(20)30-24/h2-3,6,8-11,16,21H,4-5,7,12-15,17H2,1H3,(H,25,28). The molecule has 1 unspecified atom stereocenters. The van der Waals surface area contributed by atoms with Gasteiger partial charge in [-0.1, -0.05) is 24.3 Å². The van der Waals surface area contributed by atoms with E-state index in [1.807, 2.05) is 30.3 Å². The van der Waals surface area contributed by atoms with Crippen LogP contribution in [-0.4, -0.2) is 42.5 Å². The Morgan fingerprint density at radius 1 is 1.20 bits per heavy atom. The second-order valence-electron chi connectivity index (χ2n) is 7.77. The molecule has 6 heteroatoms. The molecule has 1 aromatic heterocycles. The lowest BCUT2D eigenvalue weighted by Gasteiger charge is -2.28. The van der Waals surface area contributed by atoms with Gasteiger partial charge in [0, 0.05) is 13.0 Å². The molecule has 30 heavy (non-hydrogen) atoms. The van der Waals surface area contributed by atoms with E-state index in [1.54, 1.807) is 18.4 Å². The lowest BCUT2D eigenvalue weighted by atomic mass is 10.0. The topological polar surface area (TPSA) is 54.5 Å². The van der Waals surface area contributed by atoms with Crippen LogP contribution in [0.3, 0.4) is 0 Å². The van der Waals surface area contributed by atoms with Crippen LogP contribution in [0.1, 0.15) is 42.3 Å². The van der Waals surface area contributed by atoms with Crippen LogP contribution in [0, 0.1) is 0 Å². The monoisotopic (exact) mass is 423 g/mol.